The number of primary amides is 1. The zero-order chi connectivity index (χ0) is 18.5. The van der Waals surface area contributed by atoms with E-state index in [1.54, 1.807) is 0 Å². The molecule has 2 aromatic rings. The van der Waals surface area contributed by atoms with E-state index < -0.39 is 0 Å². The predicted molar refractivity (Wildman–Crippen MR) is 104 cm³/mol. The van der Waals surface area contributed by atoms with Gasteiger partial charge in [0.05, 0.1) is 6.61 Å². The number of piperidine rings is 1. The lowest BCUT2D eigenvalue weighted by atomic mass is 10.0. The van der Waals surface area contributed by atoms with Crippen LogP contribution in [0.4, 0.5) is 0 Å². The summed E-state index contributed by atoms with van der Waals surface area (Å²) in [4.78, 5) is 13.8. The van der Waals surface area contributed by atoms with Gasteiger partial charge in [-0.15, -0.1) is 0 Å². The van der Waals surface area contributed by atoms with E-state index in [-0.39, 0.29) is 19.1 Å². The topological polar surface area (TPSA) is 83.5 Å². The Hall–Kier alpha value is -1.89. The van der Waals surface area contributed by atoms with Gasteiger partial charge in [-0.05, 0) is 37.9 Å². The van der Waals surface area contributed by atoms with Crippen molar-refractivity contribution >= 4 is 16.8 Å². The molecule has 3 rings (SSSR count). The molecule has 0 bridgehead atoms. The SMILES string of the molecule is Cc1c(CNCCN2CCCCC2CO)c2ccccc2n1CC(N)=O. The Morgan fingerprint density at radius 3 is 2.92 bits per heavy atom. The van der Waals surface area contributed by atoms with Crippen molar-refractivity contribution in [3.8, 4) is 0 Å². The molecule has 1 aromatic carbocycles. The van der Waals surface area contributed by atoms with Gasteiger partial charge in [-0.2, -0.15) is 0 Å². The number of aliphatic hydroxyl groups is 1. The van der Waals surface area contributed by atoms with E-state index in [4.69, 9.17) is 5.73 Å². The Morgan fingerprint density at radius 2 is 2.15 bits per heavy atom. The van der Waals surface area contributed by atoms with E-state index in [9.17, 15) is 9.90 Å². The quantitative estimate of drug-likeness (QED) is 0.623. The van der Waals surface area contributed by atoms with Crippen LogP contribution in [0.5, 0.6) is 0 Å². The molecule has 1 amide bonds. The summed E-state index contributed by atoms with van der Waals surface area (Å²) < 4.78 is 2.00. The van der Waals surface area contributed by atoms with Crippen molar-refractivity contribution in [3.05, 3.63) is 35.5 Å². The van der Waals surface area contributed by atoms with Crippen LogP contribution in [0, 0.1) is 6.92 Å². The summed E-state index contributed by atoms with van der Waals surface area (Å²) in [6.45, 7) is 6.17. The largest absolute Gasteiger partial charge is 0.395 e. The smallest absolute Gasteiger partial charge is 0.237 e. The van der Waals surface area contributed by atoms with Crippen LogP contribution in [0.3, 0.4) is 0 Å². The average molecular weight is 358 g/mol. The van der Waals surface area contributed by atoms with Crippen molar-refractivity contribution in [2.24, 2.45) is 5.73 Å². The van der Waals surface area contributed by atoms with Crippen molar-refractivity contribution in [1.29, 1.82) is 0 Å². The van der Waals surface area contributed by atoms with E-state index in [2.05, 4.69) is 16.3 Å². The summed E-state index contributed by atoms with van der Waals surface area (Å²) >= 11 is 0. The molecule has 2 heterocycles. The normalized spacial score (nSPS) is 18.5. The minimum Gasteiger partial charge on any atom is -0.395 e. The summed E-state index contributed by atoms with van der Waals surface area (Å²) in [5.41, 5.74) is 8.78. The number of carbonyl (C=O) groups is 1. The Kier molecular flexibility index (Phi) is 6.29. The molecule has 6 heteroatoms. The number of aliphatic hydroxyl groups excluding tert-OH is 1. The molecule has 1 aliphatic rings. The molecular weight excluding hydrogens is 328 g/mol. The lowest BCUT2D eigenvalue weighted by Crippen LogP contribution is -2.44. The number of fused-ring (bicyclic) bond motifs is 1. The molecule has 1 aliphatic heterocycles. The van der Waals surface area contributed by atoms with Crippen LogP contribution in [-0.4, -0.2) is 52.8 Å². The number of amides is 1. The highest BCUT2D eigenvalue weighted by Gasteiger charge is 2.21. The number of nitrogens with one attached hydrogen (secondary N) is 1. The molecule has 0 spiro atoms. The van der Waals surface area contributed by atoms with Gasteiger partial charge >= 0.3 is 0 Å². The lowest BCUT2D eigenvalue weighted by Gasteiger charge is -2.34. The second-order valence-electron chi connectivity index (χ2n) is 7.18. The van der Waals surface area contributed by atoms with Crippen LogP contribution in [0.25, 0.3) is 10.9 Å². The number of para-hydroxylation sites is 1. The minimum absolute atomic E-state index is 0.207. The number of nitrogens with zero attached hydrogens (tertiary/aromatic N) is 2. The van der Waals surface area contributed by atoms with Crippen LogP contribution in [-0.2, 0) is 17.9 Å². The monoisotopic (exact) mass is 358 g/mol. The van der Waals surface area contributed by atoms with Crippen molar-refractivity contribution in [3.63, 3.8) is 0 Å². The molecule has 0 radical (unpaired) electrons. The Bertz CT molecular complexity index is 756. The van der Waals surface area contributed by atoms with Crippen LogP contribution in [0.2, 0.25) is 0 Å². The van der Waals surface area contributed by atoms with Gasteiger partial charge in [-0.25, -0.2) is 0 Å². The standard InChI is InChI=1S/C20H30N4O2/c1-15-18(12-22-9-11-23-10-5-4-6-16(23)14-25)17-7-2-3-8-19(17)24(15)13-20(21)26/h2-3,7-8,16,22,25H,4-6,9-14H2,1H3,(H2,21,26). The zero-order valence-corrected chi connectivity index (χ0v) is 15.6. The molecule has 4 N–H and O–H groups in total. The summed E-state index contributed by atoms with van der Waals surface area (Å²) in [5.74, 6) is -0.325. The minimum atomic E-state index is -0.325. The molecule has 1 atom stereocenters. The summed E-state index contributed by atoms with van der Waals surface area (Å²) in [6, 6.07) is 8.46. The first-order chi connectivity index (χ1) is 12.6. The van der Waals surface area contributed by atoms with E-state index in [1.165, 1.54) is 23.8 Å². The third-order valence-corrected chi connectivity index (χ3v) is 5.51. The molecule has 0 aliphatic carbocycles. The molecule has 142 valence electrons. The first-order valence-corrected chi connectivity index (χ1v) is 9.52. The van der Waals surface area contributed by atoms with Crippen molar-refractivity contribution < 1.29 is 9.90 Å². The fourth-order valence-corrected chi connectivity index (χ4v) is 4.08. The number of aromatic nitrogens is 1. The summed E-state index contributed by atoms with van der Waals surface area (Å²) in [5, 5.41) is 14.2. The van der Waals surface area contributed by atoms with Gasteiger partial charge < -0.3 is 20.7 Å². The van der Waals surface area contributed by atoms with Gasteiger partial charge in [0.2, 0.25) is 5.91 Å². The summed E-state index contributed by atoms with van der Waals surface area (Å²) in [7, 11) is 0. The number of hydrogen-bond acceptors (Lipinski definition) is 4. The second kappa shape index (κ2) is 8.66. The van der Waals surface area contributed by atoms with Crippen LogP contribution < -0.4 is 11.1 Å². The highest BCUT2D eigenvalue weighted by atomic mass is 16.3. The highest BCUT2D eigenvalue weighted by molar-refractivity contribution is 5.87. The molecule has 1 fully saturated rings. The molecule has 1 saturated heterocycles. The molecule has 1 unspecified atom stereocenters. The average Bonchev–Trinajstić information content (AvgIpc) is 2.90. The third-order valence-electron chi connectivity index (χ3n) is 5.51. The predicted octanol–water partition coefficient (Wildman–Crippen LogP) is 1.37. The third kappa shape index (κ3) is 4.09. The number of nitrogens with two attached hydrogens (primary N) is 1. The number of rotatable bonds is 8. The van der Waals surface area contributed by atoms with Crippen molar-refractivity contribution in [2.75, 3.05) is 26.2 Å². The molecular formula is C20H30N4O2. The van der Waals surface area contributed by atoms with Gasteiger partial charge in [-0.3, -0.25) is 9.69 Å². The highest BCUT2D eigenvalue weighted by Crippen LogP contribution is 2.25. The van der Waals surface area contributed by atoms with Gasteiger partial charge in [0.25, 0.3) is 0 Å². The second-order valence-corrected chi connectivity index (χ2v) is 7.18. The molecule has 0 saturated carbocycles. The maximum atomic E-state index is 11.4. The number of benzene rings is 1. The first-order valence-electron chi connectivity index (χ1n) is 9.52. The molecule has 6 nitrogen and oxygen atoms in total. The number of carbonyl (C=O) groups excluding carboxylic acids is 1. The fourth-order valence-electron chi connectivity index (χ4n) is 4.08. The van der Waals surface area contributed by atoms with Crippen molar-refractivity contribution in [2.45, 2.75) is 45.3 Å². The van der Waals surface area contributed by atoms with Crippen molar-refractivity contribution in [1.82, 2.24) is 14.8 Å². The van der Waals surface area contributed by atoms with Gasteiger partial charge in [0.1, 0.15) is 6.54 Å². The van der Waals surface area contributed by atoms with E-state index in [0.29, 0.717) is 6.04 Å². The van der Waals surface area contributed by atoms with Crippen LogP contribution in [0.1, 0.15) is 30.5 Å². The summed E-state index contributed by atoms with van der Waals surface area (Å²) in [6.07, 6.45) is 3.53. The first kappa shape index (κ1) is 18.9. The van der Waals surface area contributed by atoms with Crippen LogP contribution in [0.15, 0.2) is 24.3 Å². The van der Waals surface area contributed by atoms with E-state index in [0.717, 1.165) is 43.8 Å². The van der Waals surface area contributed by atoms with Gasteiger partial charge in [0.15, 0.2) is 0 Å². The van der Waals surface area contributed by atoms with Gasteiger partial charge in [-0.1, -0.05) is 24.6 Å². The number of likely N-dealkylation sites (tertiary alicyclic amines) is 1. The molecule has 26 heavy (non-hydrogen) atoms. The number of hydrogen-bond donors (Lipinski definition) is 3. The Balaban J connectivity index is 1.65. The maximum absolute atomic E-state index is 11.4. The maximum Gasteiger partial charge on any atom is 0.237 e. The Labute approximate surface area is 155 Å². The van der Waals surface area contributed by atoms with Crippen LogP contribution >= 0.6 is 0 Å². The Morgan fingerprint density at radius 1 is 1.35 bits per heavy atom. The zero-order valence-electron chi connectivity index (χ0n) is 15.6. The fraction of sp³-hybridized carbons (Fsp3) is 0.550. The molecule has 1 aromatic heterocycles. The lowest BCUT2D eigenvalue weighted by molar-refractivity contribution is -0.118. The van der Waals surface area contributed by atoms with E-state index in [1.807, 2.05) is 29.7 Å². The van der Waals surface area contributed by atoms with Gasteiger partial charge in [0, 0.05) is 42.3 Å². The van der Waals surface area contributed by atoms with E-state index >= 15 is 0 Å².